The molecule has 106 valence electrons. The molecule has 0 heterocycles. The van der Waals surface area contributed by atoms with E-state index in [1.807, 2.05) is 24.3 Å². The highest BCUT2D eigenvalue weighted by molar-refractivity contribution is 7.99. The van der Waals surface area contributed by atoms with Crippen LogP contribution in [0.5, 0.6) is 5.75 Å². The zero-order chi connectivity index (χ0) is 14.8. The molecule has 2 aromatic carbocycles. The Labute approximate surface area is 122 Å². The number of ether oxygens (including phenoxy) is 1. The number of nitrogens with two attached hydrogens (primary N) is 2. The Morgan fingerprint density at radius 3 is 2.25 bits per heavy atom. The molecule has 7 heteroatoms. The van der Waals surface area contributed by atoms with E-state index in [0.29, 0.717) is 5.69 Å². The maximum absolute atomic E-state index is 11.2. The number of anilines is 1. The number of sulfonamides is 1. The Morgan fingerprint density at radius 1 is 1.10 bits per heavy atom. The smallest absolute Gasteiger partial charge is 0.238 e. The van der Waals surface area contributed by atoms with Crippen LogP contribution in [-0.2, 0) is 10.0 Å². The lowest BCUT2D eigenvalue weighted by Gasteiger charge is -2.07. The van der Waals surface area contributed by atoms with Crippen LogP contribution in [0.1, 0.15) is 0 Å². The third-order valence-electron chi connectivity index (χ3n) is 2.60. The quantitative estimate of drug-likeness (QED) is 0.843. The van der Waals surface area contributed by atoms with Crippen LogP contribution in [0.15, 0.2) is 57.2 Å². The second-order valence-electron chi connectivity index (χ2n) is 4.02. The van der Waals surface area contributed by atoms with Gasteiger partial charge in [-0.1, -0.05) is 11.8 Å². The summed E-state index contributed by atoms with van der Waals surface area (Å²) in [6.07, 6.45) is 0. The van der Waals surface area contributed by atoms with Gasteiger partial charge in [0.1, 0.15) is 5.75 Å². The number of rotatable bonds is 4. The summed E-state index contributed by atoms with van der Waals surface area (Å²) in [6, 6.07) is 11.9. The summed E-state index contributed by atoms with van der Waals surface area (Å²) in [5.74, 6) is 0.770. The molecule has 20 heavy (non-hydrogen) atoms. The molecule has 0 amide bonds. The highest BCUT2D eigenvalue weighted by Crippen LogP contribution is 2.33. The van der Waals surface area contributed by atoms with Crippen molar-refractivity contribution in [2.24, 2.45) is 5.14 Å². The Balaban J connectivity index is 2.25. The van der Waals surface area contributed by atoms with Crippen molar-refractivity contribution in [2.45, 2.75) is 14.7 Å². The summed E-state index contributed by atoms with van der Waals surface area (Å²) in [5.41, 5.74) is 6.23. The first-order valence-electron chi connectivity index (χ1n) is 5.64. The number of nitrogen functional groups attached to an aromatic ring is 1. The lowest BCUT2D eigenvalue weighted by Crippen LogP contribution is -2.12. The third-order valence-corrected chi connectivity index (χ3v) is 4.61. The molecule has 0 radical (unpaired) electrons. The first kappa shape index (κ1) is 14.7. The molecule has 0 spiro atoms. The van der Waals surface area contributed by atoms with E-state index >= 15 is 0 Å². The van der Waals surface area contributed by atoms with Crippen LogP contribution >= 0.6 is 11.8 Å². The highest BCUT2D eigenvalue weighted by atomic mass is 32.2. The zero-order valence-electron chi connectivity index (χ0n) is 10.7. The second-order valence-corrected chi connectivity index (χ2v) is 6.70. The van der Waals surface area contributed by atoms with E-state index < -0.39 is 10.0 Å². The largest absolute Gasteiger partial charge is 0.497 e. The minimum absolute atomic E-state index is 0.00841. The molecule has 0 aliphatic carbocycles. The maximum Gasteiger partial charge on any atom is 0.238 e. The van der Waals surface area contributed by atoms with Crippen molar-refractivity contribution < 1.29 is 13.2 Å². The molecule has 0 fully saturated rings. The van der Waals surface area contributed by atoms with Gasteiger partial charge in [0.25, 0.3) is 0 Å². The standard InChI is InChI=1S/C13H14N2O3S2/c1-18-9-2-4-10(5-3-9)19-13-7-6-11(8-12(13)14)20(15,16)17/h2-8H,14H2,1H3,(H2,15,16,17). The van der Waals surface area contributed by atoms with Crippen LogP contribution in [0, 0.1) is 0 Å². The first-order chi connectivity index (χ1) is 9.40. The molecule has 0 aliphatic heterocycles. The fraction of sp³-hybridized carbons (Fsp3) is 0.0769. The fourth-order valence-corrected chi connectivity index (χ4v) is 2.96. The molecular weight excluding hydrogens is 296 g/mol. The first-order valence-corrected chi connectivity index (χ1v) is 8.00. The van der Waals surface area contributed by atoms with Crippen molar-refractivity contribution in [1.29, 1.82) is 0 Å². The number of benzene rings is 2. The summed E-state index contributed by atoms with van der Waals surface area (Å²) in [6.45, 7) is 0. The van der Waals surface area contributed by atoms with E-state index in [9.17, 15) is 8.42 Å². The van der Waals surface area contributed by atoms with Gasteiger partial charge < -0.3 is 10.5 Å². The summed E-state index contributed by atoms with van der Waals surface area (Å²) in [4.78, 5) is 1.75. The minimum atomic E-state index is -3.73. The van der Waals surface area contributed by atoms with Gasteiger partial charge in [0.05, 0.1) is 12.0 Å². The molecule has 4 N–H and O–H groups in total. The molecule has 5 nitrogen and oxygen atoms in total. The van der Waals surface area contributed by atoms with Crippen molar-refractivity contribution in [1.82, 2.24) is 0 Å². The predicted octanol–water partition coefficient (Wildman–Crippen LogP) is 2.08. The summed E-state index contributed by atoms with van der Waals surface area (Å²) < 4.78 is 27.5. The molecule has 2 rings (SSSR count). The van der Waals surface area contributed by atoms with E-state index in [1.54, 1.807) is 13.2 Å². The van der Waals surface area contributed by atoms with Crippen molar-refractivity contribution in [3.8, 4) is 5.75 Å². The van der Waals surface area contributed by atoms with E-state index in [0.717, 1.165) is 15.5 Å². The SMILES string of the molecule is COc1ccc(Sc2ccc(S(N)(=O)=O)cc2N)cc1. The van der Waals surface area contributed by atoms with Crippen LogP contribution in [0.4, 0.5) is 5.69 Å². The molecular formula is C13H14N2O3S2. The Kier molecular flexibility index (Phi) is 4.22. The average molecular weight is 310 g/mol. The molecule has 0 bridgehead atoms. The van der Waals surface area contributed by atoms with Gasteiger partial charge >= 0.3 is 0 Å². The summed E-state index contributed by atoms with van der Waals surface area (Å²) in [7, 11) is -2.13. The molecule has 2 aromatic rings. The Bertz CT molecular complexity index is 713. The minimum Gasteiger partial charge on any atom is -0.497 e. The Morgan fingerprint density at radius 2 is 1.75 bits per heavy atom. The Hall–Kier alpha value is -1.70. The lowest BCUT2D eigenvalue weighted by atomic mass is 10.3. The van der Waals surface area contributed by atoms with Crippen molar-refractivity contribution in [3.05, 3.63) is 42.5 Å². The number of methoxy groups -OCH3 is 1. The van der Waals surface area contributed by atoms with Gasteiger partial charge in [0.2, 0.25) is 10.0 Å². The second kappa shape index (κ2) is 5.74. The van der Waals surface area contributed by atoms with E-state index in [1.165, 1.54) is 23.9 Å². The van der Waals surface area contributed by atoms with Crippen LogP contribution < -0.4 is 15.6 Å². The van der Waals surface area contributed by atoms with E-state index in [2.05, 4.69) is 0 Å². The van der Waals surface area contributed by atoms with Gasteiger partial charge in [0.15, 0.2) is 0 Å². The number of primary sulfonamides is 1. The number of hydrogen-bond acceptors (Lipinski definition) is 5. The van der Waals surface area contributed by atoms with Crippen LogP contribution in [0.3, 0.4) is 0 Å². The molecule has 0 aliphatic rings. The zero-order valence-corrected chi connectivity index (χ0v) is 12.4. The highest BCUT2D eigenvalue weighted by Gasteiger charge is 2.10. The number of hydrogen-bond donors (Lipinski definition) is 2. The van der Waals surface area contributed by atoms with E-state index in [4.69, 9.17) is 15.6 Å². The molecule has 0 unspecified atom stereocenters. The van der Waals surface area contributed by atoms with Gasteiger partial charge in [-0.3, -0.25) is 0 Å². The van der Waals surface area contributed by atoms with Crippen LogP contribution in [0.2, 0.25) is 0 Å². The average Bonchev–Trinajstić information content (AvgIpc) is 2.41. The van der Waals surface area contributed by atoms with Crippen molar-refractivity contribution in [3.63, 3.8) is 0 Å². The summed E-state index contributed by atoms with van der Waals surface area (Å²) >= 11 is 1.44. The molecule has 0 saturated carbocycles. The maximum atomic E-state index is 11.2. The van der Waals surface area contributed by atoms with Gasteiger partial charge in [-0.25, -0.2) is 13.6 Å². The third kappa shape index (κ3) is 3.44. The van der Waals surface area contributed by atoms with Gasteiger partial charge in [0, 0.05) is 15.5 Å². The fourth-order valence-electron chi connectivity index (χ4n) is 1.57. The molecule has 0 saturated heterocycles. The lowest BCUT2D eigenvalue weighted by molar-refractivity contribution is 0.414. The van der Waals surface area contributed by atoms with Gasteiger partial charge in [-0.2, -0.15) is 0 Å². The topological polar surface area (TPSA) is 95.4 Å². The van der Waals surface area contributed by atoms with Crippen LogP contribution in [0.25, 0.3) is 0 Å². The monoisotopic (exact) mass is 310 g/mol. The normalized spacial score (nSPS) is 11.3. The summed E-state index contributed by atoms with van der Waals surface area (Å²) in [5, 5.41) is 5.06. The van der Waals surface area contributed by atoms with Gasteiger partial charge in [-0.15, -0.1) is 0 Å². The molecule has 0 atom stereocenters. The van der Waals surface area contributed by atoms with Crippen molar-refractivity contribution in [2.75, 3.05) is 12.8 Å². The van der Waals surface area contributed by atoms with Crippen LogP contribution in [-0.4, -0.2) is 15.5 Å². The predicted molar refractivity (Wildman–Crippen MR) is 79.3 cm³/mol. The molecule has 0 aromatic heterocycles. The van der Waals surface area contributed by atoms with E-state index in [-0.39, 0.29) is 4.90 Å². The van der Waals surface area contributed by atoms with Gasteiger partial charge in [-0.05, 0) is 42.5 Å². The van der Waals surface area contributed by atoms with Crippen molar-refractivity contribution >= 4 is 27.5 Å².